The molecule has 1 amide bonds. The molecule has 0 saturated carbocycles. The SMILES string of the molecule is CC(C)(O)c1cc2[nH]ncc2cc1NC(=O)c1ccccn1. The van der Waals surface area contributed by atoms with Gasteiger partial charge in [-0.15, -0.1) is 0 Å². The Labute approximate surface area is 127 Å². The average Bonchev–Trinajstić information content (AvgIpc) is 2.93. The van der Waals surface area contributed by atoms with Gasteiger partial charge in [0, 0.05) is 22.8 Å². The Hall–Kier alpha value is -2.73. The zero-order chi connectivity index (χ0) is 15.7. The molecule has 3 N–H and O–H groups in total. The van der Waals surface area contributed by atoms with Crippen LogP contribution in [0, 0.1) is 0 Å². The summed E-state index contributed by atoms with van der Waals surface area (Å²) in [6.45, 7) is 3.34. The number of aliphatic hydroxyl groups is 1. The number of aromatic amines is 1. The van der Waals surface area contributed by atoms with Gasteiger partial charge in [0.2, 0.25) is 0 Å². The van der Waals surface area contributed by atoms with Gasteiger partial charge in [-0.2, -0.15) is 5.10 Å². The second kappa shape index (κ2) is 5.23. The van der Waals surface area contributed by atoms with E-state index in [0.717, 1.165) is 10.9 Å². The fourth-order valence-electron chi connectivity index (χ4n) is 2.28. The predicted octanol–water partition coefficient (Wildman–Crippen LogP) is 2.44. The number of hydrogen-bond donors (Lipinski definition) is 3. The number of pyridine rings is 1. The van der Waals surface area contributed by atoms with Crippen molar-refractivity contribution in [3.05, 3.63) is 54.0 Å². The summed E-state index contributed by atoms with van der Waals surface area (Å²) in [5.74, 6) is -0.325. The van der Waals surface area contributed by atoms with Crippen molar-refractivity contribution in [2.75, 3.05) is 5.32 Å². The minimum absolute atomic E-state index is 0.316. The van der Waals surface area contributed by atoms with Crippen molar-refractivity contribution < 1.29 is 9.90 Å². The Morgan fingerprint density at radius 2 is 2.14 bits per heavy atom. The third kappa shape index (κ3) is 2.68. The maximum absolute atomic E-state index is 12.3. The largest absolute Gasteiger partial charge is 0.386 e. The summed E-state index contributed by atoms with van der Waals surface area (Å²) >= 11 is 0. The molecule has 0 saturated heterocycles. The maximum atomic E-state index is 12.3. The molecule has 0 atom stereocenters. The van der Waals surface area contributed by atoms with Gasteiger partial charge in [-0.1, -0.05) is 6.07 Å². The number of amides is 1. The molecule has 0 fully saturated rings. The van der Waals surface area contributed by atoms with E-state index >= 15 is 0 Å². The molecule has 0 aliphatic heterocycles. The second-order valence-electron chi connectivity index (χ2n) is 5.58. The van der Waals surface area contributed by atoms with Gasteiger partial charge in [-0.3, -0.25) is 14.9 Å². The molecule has 1 aromatic carbocycles. The molecule has 0 bridgehead atoms. The molecule has 3 aromatic rings. The minimum Gasteiger partial charge on any atom is -0.386 e. The van der Waals surface area contributed by atoms with Crippen molar-refractivity contribution in [1.29, 1.82) is 0 Å². The summed E-state index contributed by atoms with van der Waals surface area (Å²) in [6.07, 6.45) is 3.23. The van der Waals surface area contributed by atoms with E-state index in [1.54, 1.807) is 56.6 Å². The van der Waals surface area contributed by atoms with E-state index in [9.17, 15) is 9.90 Å². The predicted molar refractivity (Wildman–Crippen MR) is 83.5 cm³/mol. The molecule has 2 heterocycles. The van der Waals surface area contributed by atoms with Crippen molar-refractivity contribution in [2.24, 2.45) is 0 Å². The van der Waals surface area contributed by atoms with Gasteiger partial charge in [0.05, 0.1) is 17.3 Å². The Balaban J connectivity index is 2.03. The number of H-pyrrole nitrogens is 1. The number of nitrogens with zero attached hydrogens (tertiary/aromatic N) is 2. The molecular formula is C16H16N4O2. The normalized spacial score (nSPS) is 11.6. The lowest BCUT2D eigenvalue weighted by Gasteiger charge is -2.22. The van der Waals surface area contributed by atoms with Gasteiger partial charge >= 0.3 is 0 Å². The van der Waals surface area contributed by atoms with Crippen LogP contribution >= 0.6 is 0 Å². The summed E-state index contributed by atoms with van der Waals surface area (Å²) in [4.78, 5) is 16.3. The fourth-order valence-corrected chi connectivity index (χ4v) is 2.28. The zero-order valence-electron chi connectivity index (χ0n) is 12.3. The highest BCUT2D eigenvalue weighted by Crippen LogP contribution is 2.31. The van der Waals surface area contributed by atoms with Crippen LogP contribution in [0.25, 0.3) is 10.9 Å². The van der Waals surface area contributed by atoms with Crippen molar-refractivity contribution in [3.8, 4) is 0 Å². The number of rotatable bonds is 3. The van der Waals surface area contributed by atoms with E-state index in [4.69, 9.17) is 0 Å². The summed E-state index contributed by atoms with van der Waals surface area (Å²) in [5, 5.41) is 20.8. The minimum atomic E-state index is -1.11. The Morgan fingerprint density at radius 3 is 2.82 bits per heavy atom. The van der Waals surface area contributed by atoms with Crippen LogP contribution in [0.2, 0.25) is 0 Å². The lowest BCUT2D eigenvalue weighted by molar-refractivity contribution is 0.0794. The quantitative estimate of drug-likeness (QED) is 0.692. The third-order valence-corrected chi connectivity index (χ3v) is 3.38. The molecule has 6 heteroatoms. The Morgan fingerprint density at radius 1 is 1.32 bits per heavy atom. The highest BCUT2D eigenvalue weighted by atomic mass is 16.3. The molecule has 0 radical (unpaired) electrons. The number of carbonyl (C=O) groups excluding carboxylic acids is 1. The highest BCUT2D eigenvalue weighted by molar-refractivity contribution is 6.04. The number of nitrogens with one attached hydrogen (secondary N) is 2. The van der Waals surface area contributed by atoms with E-state index in [0.29, 0.717) is 16.9 Å². The summed E-state index contributed by atoms with van der Waals surface area (Å²) in [5.41, 5.74) is 1.15. The number of carbonyl (C=O) groups is 1. The molecule has 0 aliphatic rings. The molecule has 112 valence electrons. The van der Waals surface area contributed by atoms with E-state index in [-0.39, 0.29) is 5.91 Å². The first-order chi connectivity index (χ1) is 10.4. The Kier molecular flexibility index (Phi) is 3.38. The zero-order valence-corrected chi connectivity index (χ0v) is 12.3. The summed E-state index contributed by atoms with van der Waals surface area (Å²) < 4.78 is 0. The van der Waals surface area contributed by atoms with Crippen LogP contribution < -0.4 is 5.32 Å². The number of aromatic nitrogens is 3. The van der Waals surface area contributed by atoms with Crippen LogP contribution in [0.1, 0.15) is 29.9 Å². The molecule has 3 rings (SSSR count). The number of fused-ring (bicyclic) bond motifs is 1. The monoisotopic (exact) mass is 296 g/mol. The molecule has 0 spiro atoms. The number of benzene rings is 1. The van der Waals surface area contributed by atoms with Gasteiger partial charge in [-0.05, 0) is 38.1 Å². The molecule has 2 aromatic heterocycles. The van der Waals surface area contributed by atoms with Gasteiger partial charge in [0.25, 0.3) is 5.91 Å². The first kappa shape index (κ1) is 14.2. The lowest BCUT2D eigenvalue weighted by atomic mass is 9.95. The standard InChI is InChI=1S/C16H16N4O2/c1-16(2,22)11-8-13-10(9-18-20-13)7-14(11)19-15(21)12-5-3-4-6-17-12/h3-9,22H,1-2H3,(H,18,20)(H,19,21). The van der Waals surface area contributed by atoms with E-state index in [2.05, 4.69) is 20.5 Å². The van der Waals surface area contributed by atoms with Crippen LogP contribution in [-0.2, 0) is 5.60 Å². The fraction of sp³-hybridized carbons (Fsp3) is 0.188. The highest BCUT2D eigenvalue weighted by Gasteiger charge is 2.22. The van der Waals surface area contributed by atoms with Crippen molar-refractivity contribution >= 4 is 22.5 Å². The third-order valence-electron chi connectivity index (χ3n) is 3.38. The summed E-state index contributed by atoms with van der Waals surface area (Å²) in [6, 6.07) is 8.70. The smallest absolute Gasteiger partial charge is 0.274 e. The first-order valence-corrected chi connectivity index (χ1v) is 6.87. The van der Waals surface area contributed by atoms with Gasteiger partial charge in [-0.25, -0.2) is 0 Å². The first-order valence-electron chi connectivity index (χ1n) is 6.87. The van der Waals surface area contributed by atoms with Crippen LogP contribution in [0.5, 0.6) is 0 Å². The maximum Gasteiger partial charge on any atom is 0.274 e. The van der Waals surface area contributed by atoms with Crippen LogP contribution in [-0.4, -0.2) is 26.2 Å². The molecule has 0 aliphatic carbocycles. The van der Waals surface area contributed by atoms with Crippen molar-refractivity contribution in [3.63, 3.8) is 0 Å². The average molecular weight is 296 g/mol. The summed E-state index contributed by atoms with van der Waals surface area (Å²) in [7, 11) is 0. The number of anilines is 1. The van der Waals surface area contributed by atoms with Crippen LogP contribution in [0.15, 0.2) is 42.7 Å². The van der Waals surface area contributed by atoms with Crippen LogP contribution in [0.3, 0.4) is 0 Å². The van der Waals surface area contributed by atoms with E-state index < -0.39 is 5.60 Å². The van der Waals surface area contributed by atoms with Gasteiger partial charge in [0.15, 0.2) is 0 Å². The van der Waals surface area contributed by atoms with Gasteiger partial charge < -0.3 is 10.4 Å². The topological polar surface area (TPSA) is 90.9 Å². The van der Waals surface area contributed by atoms with Crippen molar-refractivity contribution in [2.45, 2.75) is 19.4 Å². The van der Waals surface area contributed by atoms with Crippen LogP contribution in [0.4, 0.5) is 5.69 Å². The molecule has 0 unspecified atom stereocenters. The van der Waals surface area contributed by atoms with Gasteiger partial charge in [0.1, 0.15) is 5.69 Å². The molecule has 6 nitrogen and oxygen atoms in total. The van der Waals surface area contributed by atoms with E-state index in [1.165, 1.54) is 0 Å². The second-order valence-corrected chi connectivity index (χ2v) is 5.58. The Bertz CT molecular complexity index is 819. The van der Waals surface area contributed by atoms with Crippen molar-refractivity contribution in [1.82, 2.24) is 15.2 Å². The molecule has 22 heavy (non-hydrogen) atoms. The van der Waals surface area contributed by atoms with E-state index in [1.807, 2.05) is 0 Å². The lowest BCUT2D eigenvalue weighted by Crippen LogP contribution is -2.21. The number of hydrogen-bond acceptors (Lipinski definition) is 4. The molecular weight excluding hydrogens is 280 g/mol.